The van der Waals surface area contributed by atoms with Crippen LogP contribution >= 0.6 is 11.3 Å². The van der Waals surface area contributed by atoms with Gasteiger partial charge in [0.2, 0.25) is 11.8 Å². The average molecular weight is 309 g/mol. The highest BCUT2D eigenvalue weighted by atomic mass is 32.1. The summed E-state index contributed by atoms with van der Waals surface area (Å²) >= 11 is 1.54. The average Bonchev–Trinajstić information content (AvgIpc) is 2.88. The molecule has 6 heteroatoms. The van der Waals surface area contributed by atoms with Crippen LogP contribution in [0.5, 0.6) is 0 Å². The summed E-state index contributed by atoms with van der Waals surface area (Å²) in [7, 11) is 0. The second kappa shape index (κ2) is 6.13. The minimum absolute atomic E-state index is 0.0202. The lowest BCUT2D eigenvalue weighted by molar-refractivity contribution is -0.156. The molecule has 1 fully saturated rings. The molecule has 0 saturated carbocycles. The van der Waals surface area contributed by atoms with Crippen molar-refractivity contribution in [3.05, 3.63) is 16.1 Å². The maximum atomic E-state index is 12.9. The Morgan fingerprint density at radius 2 is 2.00 bits per heavy atom. The number of thiazole rings is 1. The molecule has 1 N–H and O–H groups in total. The van der Waals surface area contributed by atoms with Gasteiger partial charge in [0.1, 0.15) is 16.6 Å². The first-order valence-corrected chi connectivity index (χ1v) is 8.39. The number of carbonyl (C=O) groups excluding carboxylic acids is 2. The first-order chi connectivity index (χ1) is 9.97. The molecule has 21 heavy (non-hydrogen) atoms. The highest BCUT2D eigenvalue weighted by Gasteiger charge is 2.48. The van der Waals surface area contributed by atoms with Gasteiger partial charge in [0.05, 0.1) is 6.54 Å². The topological polar surface area (TPSA) is 62.3 Å². The van der Waals surface area contributed by atoms with Gasteiger partial charge in [-0.1, -0.05) is 20.8 Å². The van der Waals surface area contributed by atoms with Gasteiger partial charge in [-0.05, 0) is 26.2 Å². The summed E-state index contributed by atoms with van der Waals surface area (Å²) < 4.78 is 0. The predicted molar refractivity (Wildman–Crippen MR) is 82.9 cm³/mol. The fourth-order valence-electron chi connectivity index (χ4n) is 2.87. The van der Waals surface area contributed by atoms with E-state index < -0.39 is 11.6 Å². The smallest absolute Gasteiger partial charge is 0.249 e. The van der Waals surface area contributed by atoms with Crippen molar-refractivity contribution in [2.24, 2.45) is 0 Å². The summed E-state index contributed by atoms with van der Waals surface area (Å²) in [5, 5.41) is 5.81. The van der Waals surface area contributed by atoms with Crippen LogP contribution in [0.3, 0.4) is 0 Å². The lowest BCUT2D eigenvalue weighted by atomic mass is 9.86. The summed E-state index contributed by atoms with van der Waals surface area (Å²) in [4.78, 5) is 31.4. The highest BCUT2D eigenvalue weighted by Crippen LogP contribution is 2.28. The molecule has 0 bridgehead atoms. The van der Waals surface area contributed by atoms with Crippen molar-refractivity contribution in [3.8, 4) is 0 Å². The van der Waals surface area contributed by atoms with Gasteiger partial charge in [-0.3, -0.25) is 9.59 Å². The zero-order valence-corrected chi connectivity index (χ0v) is 13.9. The third-order valence-electron chi connectivity index (χ3n) is 4.28. The van der Waals surface area contributed by atoms with Crippen LogP contribution in [0.25, 0.3) is 0 Å². The fourth-order valence-corrected chi connectivity index (χ4v) is 3.64. The number of aryl methyl sites for hydroxylation is 1. The number of rotatable bonds is 5. The number of nitrogens with zero attached hydrogens (tertiary/aromatic N) is 2. The van der Waals surface area contributed by atoms with E-state index in [1.54, 1.807) is 4.90 Å². The molecular weight excluding hydrogens is 286 g/mol. The SMILES string of the molecule is CCC1C(=O)NC(CC)(CC)C(=O)N1Cc1nc(C)cs1. The molecule has 0 aromatic carbocycles. The van der Waals surface area contributed by atoms with E-state index in [9.17, 15) is 9.59 Å². The van der Waals surface area contributed by atoms with Gasteiger partial charge < -0.3 is 10.2 Å². The van der Waals surface area contributed by atoms with Crippen LogP contribution in [-0.4, -0.2) is 33.3 Å². The Kier molecular flexibility index (Phi) is 4.66. The minimum atomic E-state index is -0.755. The molecule has 0 radical (unpaired) electrons. The summed E-state index contributed by atoms with van der Waals surface area (Å²) in [5.74, 6) is -0.0270. The molecule has 5 nitrogen and oxygen atoms in total. The molecule has 0 aliphatic carbocycles. The highest BCUT2D eigenvalue weighted by molar-refractivity contribution is 7.09. The van der Waals surface area contributed by atoms with Gasteiger partial charge in [-0.25, -0.2) is 4.98 Å². The molecule has 1 aliphatic rings. The van der Waals surface area contributed by atoms with Gasteiger partial charge in [0.15, 0.2) is 0 Å². The van der Waals surface area contributed by atoms with E-state index in [-0.39, 0.29) is 11.8 Å². The monoisotopic (exact) mass is 309 g/mol. The standard InChI is InChI=1S/C15H23N3O2S/c1-5-11-13(19)17-15(6-2,7-3)14(20)18(11)8-12-16-10(4)9-21-12/h9,11H,5-8H2,1-4H3,(H,17,19). The Labute approximate surface area is 129 Å². The molecular formula is C15H23N3O2S. The Balaban J connectivity index is 2.32. The van der Waals surface area contributed by atoms with Gasteiger partial charge in [-0.2, -0.15) is 0 Å². The van der Waals surface area contributed by atoms with Crippen LogP contribution in [0.1, 0.15) is 50.7 Å². The number of carbonyl (C=O) groups is 2. The van der Waals surface area contributed by atoms with Crippen molar-refractivity contribution in [1.29, 1.82) is 0 Å². The quantitative estimate of drug-likeness (QED) is 0.907. The second-order valence-corrected chi connectivity index (χ2v) is 6.46. The van der Waals surface area contributed by atoms with Gasteiger partial charge in [0.25, 0.3) is 0 Å². The number of aromatic nitrogens is 1. The van der Waals surface area contributed by atoms with E-state index in [1.807, 2.05) is 33.1 Å². The summed E-state index contributed by atoms with van der Waals surface area (Å²) in [6.45, 7) is 8.18. The molecule has 1 aliphatic heterocycles. The number of hydrogen-bond acceptors (Lipinski definition) is 4. The largest absolute Gasteiger partial charge is 0.340 e. The van der Waals surface area contributed by atoms with Gasteiger partial charge >= 0.3 is 0 Å². The number of piperazine rings is 1. The van der Waals surface area contributed by atoms with Crippen LogP contribution < -0.4 is 5.32 Å². The Hall–Kier alpha value is -1.43. The van der Waals surface area contributed by atoms with Crippen molar-refractivity contribution < 1.29 is 9.59 Å². The number of amides is 2. The zero-order chi connectivity index (χ0) is 15.6. The van der Waals surface area contributed by atoms with Gasteiger partial charge in [0, 0.05) is 11.1 Å². The van der Waals surface area contributed by atoms with Crippen LogP contribution in [0.2, 0.25) is 0 Å². The second-order valence-electron chi connectivity index (χ2n) is 5.52. The summed E-state index contributed by atoms with van der Waals surface area (Å²) in [5.41, 5.74) is 0.198. The van der Waals surface area contributed by atoms with Crippen LogP contribution in [0.4, 0.5) is 0 Å². The Morgan fingerprint density at radius 3 is 2.48 bits per heavy atom. The van der Waals surface area contributed by atoms with Crippen molar-refractivity contribution >= 4 is 23.2 Å². The molecule has 1 saturated heterocycles. The molecule has 1 unspecified atom stereocenters. The van der Waals surface area contributed by atoms with Crippen LogP contribution in [0.15, 0.2) is 5.38 Å². The number of hydrogen-bond donors (Lipinski definition) is 1. The predicted octanol–water partition coefficient (Wildman–Crippen LogP) is 2.25. The maximum Gasteiger partial charge on any atom is 0.249 e. The zero-order valence-electron chi connectivity index (χ0n) is 13.1. The van der Waals surface area contributed by atoms with Crippen molar-refractivity contribution in [1.82, 2.24) is 15.2 Å². The van der Waals surface area contributed by atoms with Crippen molar-refractivity contribution in [2.75, 3.05) is 0 Å². The Morgan fingerprint density at radius 1 is 1.33 bits per heavy atom. The molecule has 1 aromatic rings. The summed E-state index contributed by atoms with van der Waals surface area (Å²) in [6.07, 6.45) is 1.83. The van der Waals surface area contributed by atoms with Crippen LogP contribution in [-0.2, 0) is 16.1 Å². The number of nitrogens with one attached hydrogen (secondary N) is 1. The molecule has 0 spiro atoms. The van der Waals surface area contributed by atoms with E-state index in [4.69, 9.17) is 0 Å². The Bertz CT molecular complexity index is 537. The third kappa shape index (κ3) is 2.81. The van der Waals surface area contributed by atoms with Crippen LogP contribution in [0, 0.1) is 6.92 Å². The lowest BCUT2D eigenvalue weighted by Crippen LogP contribution is -2.69. The van der Waals surface area contributed by atoms with Gasteiger partial charge in [-0.15, -0.1) is 11.3 Å². The molecule has 2 amide bonds. The van der Waals surface area contributed by atoms with E-state index >= 15 is 0 Å². The maximum absolute atomic E-state index is 12.9. The third-order valence-corrected chi connectivity index (χ3v) is 5.23. The molecule has 1 atom stereocenters. The minimum Gasteiger partial charge on any atom is -0.340 e. The molecule has 116 valence electrons. The summed E-state index contributed by atoms with van der Waals surface area (Å²) in [6, 6.07) is -0.395. The van der Waals surface area contributed by atoms with E-state index in [0.29, 0.717) is 25.8 Å². The molecule has 1 aromatic heterocycles. The normalized spacial score (nSPS) is 21.5. The fraction of sp³-hybridized carbons (Fsp3) is 0.667. The first kappa shape index (κ1) is 15.9. The van der Waals surface area contributed by atoms with E-state index in [1.165, 1.54) is 11.3 Å². The first-order valence-electron chi connectivity index (χ1n) is 7.51. The molecule has 2 rings (SSSR count). The van der Waals surface area contributed by atoms with E-state index in [2.05, 4.69) is 10.3 Å². The molecule has 2 heterocycles. The van der Waals surface area contributed by atoms with Crippen molar-refractivity contribution in [3.63, 3.8) is 0 Å². The lowest BCUT2D eigenvalue weighted by Gasteiger charge is -2.45. The van der Waals surface area contributed by atoms with Crippen molar-refractivity contribution in [2.45, 2.75) is 65.1 Å². The van der Waals surface area contributed by atoms with E-state index in [0.717, 1.165) is 10.7 Å².